The summed E-state index contributed by atoms with van der Waals surface area (Å²) in [6, 6.07) is 25.5. The summed E-state index contributed by atoms with van der Waals surface area (Å²) in [6.07, 6.45) is -6.76. The lowest BCUT2D eigenvalue weighted by Gasteiger charge is -2.44. The van der Waals surface area contributed by atoms with E-state index in [0.29, 0.717) is 31.4 Å². The van der Waals surface area contributed by atoms with Crippen LogP contribution in [0, 0.1) is 11.8 Å². The molecular weight excluding hydrogens is 917 g/mol. The fourth-order valence-corrected chi connectivity index (χ4v) is 8.39. The smallest absolute Gasteiger partial charge is 0.417 e. The van der Waals surface area contributed by atoms with Gasteiger partial charge < -0.3 is 36.9 Å². The van der Waals surface area contributed by atoms with Crippen LogP contribution in [0.2, 0.25) is 0 Å². The summed E-state index contributed by atoms with van der Waals surface area (Å²) in [5.74, 6) is -6.46. The lowest BCUT2D eigenvalue weighted by molar-refractivity contribution is -0.166. The quantitative estimate of drug-likeness (QED) is 0.0687. The number of nitrogens with zero attached hydrogens (tertiary/aromatic N) is 3. The lowest BCUT2D eigenvalue weighted by Crippen LogP contribution is -2.68. The number of carbonyl (C=O) groups is 6. The number of ether oxygens (including phenoxy) is 2. The number of imide groups is 3. The molecule has 0 aliphatic heterocycles. The van der Waals surface area contributed by atoms with Crippen molar-refractivity contribution in [2.75, 3.05) is 0 Å². The molecule has 4 aromatic rings. The third-order valence-corrected chi connectivity index (χ3v) is 11.8. The molecule has 0 heterocycles. The molecule has 0 spiro atoms. The molecule has 0 saturated carbocycles. The molecule has 390 valence electrons. The number of benzene rings is 4. The zero-order valence-corrected chi connectivity index (χ0v) is 43.4. The van der Waals surface area contributed by atoms with Gasteiger partial charge in [-0.25, -0.2) is 19.4 Å². The van der Waals surface area contributed by atoms with E-state index < -0.39 is 107 Å². The van der Waals surface area contributed by atoms with Gasteiger partial charge in [0.05, 0.1) is 24.2 Å². The van der Waals surface area contributed by atoms with Crippen molar-refractivity contribution in [3.63, 3.8) is 0 Å². The van der Waals surface area contributed by atoms with Crippen molar-refractivity contribution in [1.82, 2.24) is 14.7 Å². The van der Waals surface area contributed by atoms with Gasteiger partial charge in [0.1, 0.15) is 29.4 Å². The Morgan fingerprint density at radius 2 is 0.736 bits per heavy atom. The summed E-state index contributed by atoms with van der Waals surface area (Å²) in [4.78, 5) is 93.3. The highest BCUT2D eigenvalue weighted by molar-refractivity contribution is 6.08. The van der Waals surface area contributed by atoms with Crippen molar-refractivity contribution >= 4 is 35.8 Å². The van der Waals surface area contributed by atoms with Crippen molar-refractivity contribution in [3.8, 4) is 0 Å². The molecule has 16 nitrogen and oxygen atoms in total. The van der Waals surface area contributed by atoms with Crippen molar-refractivity contribution in [2.45, 2.75) is 155 Å². The average molecular weight is 993 g/mol. The first kappa shape index (κ1) is 58.3. The zero-order chi connectivity index (χ0) is 53.7. The molecule has 0 saturated heterocycles. The van der Waals surface area contributed by atoms with Crippen LogP contribution in [0.5, 0.6) is 0 Å². The number of carbonyl (C=O) groups excluding carboxylic acids is 6. The highest BCUT2D eigenvalue weighted by Gasteiger charge is 2.52. The van der Waals surface area contributed by atoms with E-state index in [0.717, 1.165) is 5.56 Å². The summed E-state index contributed by atoms with van der Waals surface area (Å²) in [7, 11) is 0. The Bertz CT molecular complexity index is 2280. The van der Waals surface area contributed by atoms with Crippen LogP contribution in [0.1, 0.15) is 91.5 Å². The number of nitrogens with two attached hydrogens (primary N) is 3. The van der Waals surface area contributed by atoms with Gasteiger partial charge in [0.15, 0.2) is 0 Å². The summed E-state index contributed by atoms with van der Waals surface area (Å²) < 4.78 is 11.6. The van der Waals surface area contributed by atoms with E-state index in [1.165, 1.54) is 0 Å². The number of hydrogen-bond donors (Lipinski definition) is 5. The van der Waals surface area contributed by atoms with Gasteiger partial charge in [0.25, 0.3) is 11.8 Å². The first-order chi connectivity index (χ1) is 33.7. The van der Waals surface area contributed by atoms with Crippen LogP contribution < -0.4 is 17.2 Å². The second-order valence-corrected chi connectivity index (χ2v) is 21.0. The number of hydrogen-bond acceptors (Lipinski definition) is 13. The van der Waals surface area contributed by atoms with Gasteiger partial charge in [-0.15, -0.1) is 0 Å². The van der Waals surface area contributed by atoms with Crippen LogP contribution in [0.3, 0.4) is 0 Å². The van der Waals surface area contributed by atoms with Gasteiger partial charge in [0.2, 0.25) is 11.8 Å². The van der Waals surface area contributed by atoms with Gasteiger partial charge in [-0.2, -0.15) is 0 Å². The average Bonchev–Trinajstić information content (AvgIpc) is 3.30. The van der Waals surface area contributed by atoms with Crippen LogP contribution >= 0.6 is 0 Å². The van der Waals surface area contributed by atoms with Gasteiger partial charge in [0, 0.05) is 6.04 Å². The molecule has 0 unspecified atom stereocenters. The molecule has 8 atom stereocenters. The van der Waals surface area contributed by atoms with Crippen molar-refractivity contribution in [2.24, 2.45) is 29.0 Å². The lowest BCUT2D eigenvalue weighted by atomic mass is 9.88. The second kappa shape index (κ2) is 25.9. The van der Waals surface area contributed by atoms with E-state index in [1.807, 2.05) is 0 Å². The van der Waals surface area contributed by atoms with E-state index in [1.54, 1.807) is 191 Å². The Morgan fingerprint density at radius 1 is 0.444 bits per heavy atom. The van der Waals surface area contributed by atoms with E-state index >= 15 is 9.59 Å². The van der Waals surface area contributed by atoms with Crippen molar-refractivity contribution < 1.29 is 48.5 Å². The topological polar surface area (TPSA) is 249 Å². The molecule has 0 fully saturated rings. The number of aliphatic hydroxyl groups excluding tert-OH is 2. The van der Waals surface area contributed by atoms with Crippen molar-refractivity contribution in [3.05, 3.63) is 144 Å². The zero-order valence-electron chi connectivity index (χ0n) is 43.4. The first-order valence-electron chi connectivity index (χ1n) is 24.5. The monoisotopic (exact) mass is 993 g/mol. The van der Waals surface area contributed by atoms with E-state index in [9.17, 15) is 29.4 Å². The summed E-state index contributed by atoms with van der Waals surface area (Å²) in [5.41, 5.74) is 20.0. The van der Waals surface area contributed by atoms with Gasteiger partial charge in [-0.1, -0.05) is 149 Å². The van der Waals surface area contributed by atoms with Crippen LogP contribution in [0.15, 0.2) is 121 Å². The molecule has 4 rings (SSSR count). The maximum absolute atomic E-state index is 16.2. The molecule has 16 heteroatoms. The Balaban J connectivity index is 2.06. The third-order valence-electron chi connectivity index (χ3n) is 11.8. The molecule has 4 aromatic carbocycles. The van der Waals surface area contributed by atoms with Crippen LogP contribution in [-0.4, -0.2) is 120 Å². The maximum Gasteiger partial charge on any atom is 0.417 e. The maximum atomic E-state index is 16.2. The molecule has 0 aliphatic carbocycles. The summed E-state index contributed by atoms with van der Waals surface area (Å²) in [6.45, 7) is 15.6. The Labute approximate surface area is 424 Å². The Morgan fingerprint density at radius 3 is 1.03 bits per heavy atom. The van der Waals surface area contributed by atoms with Gasteiger partial charge >= 0.3 is 12.2 Å². The predicted molar refractivity (Wildman–Crippen MR) is 276 cm³/mol. The first-order valence-corrected chi connectivity index (χ1v) is 24.5. The van der Waals surface area contributed by atoms with Crippen LogP contribution in [0.4, 0.5) is 9.59 Å². The highest BCUT2D eigenvalue weighted by Crippen LogP contribution is 2.29. The van der Waals surface area contributed by atoms with Crippen LogP contribution in [0.25, 0.3) is 0 Å². The van der Waals surface area contributed by atoms with Crippen LogP contribution in [-0.2, 0) is 54.3 Å². The normalized spacial score (nSPS) is 15.2. The standard InChI is InChI=1S/C56H76N6O10/c1-35(2)45(61(53(69)71-55(5,6)7)49(65)42(58)32-38-25-17-12-18-26-38)51(67)60(44(34-40-29-21-14-22-30-40)48(64)47(63)41(57)31-37-23-15-11-16-24-37)52(68)46(36(3)4)62(54(70)72-56(8,9)10)50(66)43(59)33-39-27-19-13-20-28-39/h11-30,35-36,41-48,63-64H,31-34,57-59H2,1-10H3/t41-,42+,43+,44-,45+,46+,47-,48-/m1/s1. The SMILES string of the molecule is CC(C)[C@@H](C(=O)N(C(=O)[C@H](C(C)C)N(C(=O)OC(C)(C)C)C(=O)[C@@H](N)Cc1ccccc1)[C@H](Cc1ccccc1)[C@@H](O)[C@H](O)[C@H](N)Cc1ccccc1)N(C(=O)OC(C)(C)C)C(=O)[C@@H](N)Cc1ccccc1. The molecule has 0 radical (unpaired) electrons. The van der Waals surface area contributed by atoms with Gasteiger partial charge in [-0.05, 0) is 101 Å². The number of rotatable bonds is 20. The minimum Gasteiger partial charge on any atom is -0.443 e. The molecular formula is C56H76N6O10. The second-order valence-electron chi connectivity index (χ2n) is 21.0. The summed E-state index contributed by atoms with van der Waals surface area (Å²) >= 11 is 0. The molecule has 0 aromatic heterocycles. The highest BCUT2D eigenvalue weighted by atomic mass is 16.6. The molecule has 72 heavy (non-hydrogen) atoms. The molecule has 8 N–H and O–H groups in total. The predicted octanol–water partition coefficient (Wildman–Crippen LogP) is 5.96. The molecule has 0 aliphatic rings. The Hall–Kier alpha value is -6.30. The van der Waals surface area contributed by atoms with Crippen molar-refractivity contribution in [1.29, 1.82) is 0 Å². The molecule has 0 bridgehead atoms. The largest absolute Gasteiger partial charge is 0.443 e. The third kappa shape index (κ3) is 16.4. The van der Waals surface area contributed by atoms with E-state index in [-0.39, 0.29) is 25.7 Å². The summed E-state index contributed by atoms with van der Waals surface area (Å²) in [5, 5.41) is 24.8. The fraction of sp³-hybridized carbons (Fsp3) is 0.464. The minimum absolute atomic E-state index is 0.0582. The minimum atomic E-state index is -2.03. The number of aliphatic hydroxyl groups is 2. The van der Waals surface area contributed by atoms with Gasteiger partial charge in [-0.3, -0.25) is 24.1 Å². The van der Waals surface area contributed by atoms with E-state index in [4.69, 9.17) is 26.7 Å². The number of amides is 6. The molecule has 6 amide bonds. The fourth-order valence-electron chi connectivity index (χ4n) is 8.39. The Kier molecular flexibility index (Phi) is 21.0. The van der Waals surface area contributed by atoms with E-state index in [2.05, 4.69) is 0 Å².